The standard InChI is InChI=1S/C27H42O3/c1-16-7-12-27(29-15-16)17(2)24-23(30-27)14-22-20-6-5-18-13-19(28)8-10-25(18,3)21(20)9-11-26(22,24)4/h5,16-17,19-24,28H,6-15H2,1-4H3/t16-,17+,19-,20-,21+,22+,23+,24+,25-,26-,27-/m0/s1. The van der Waals surface area contributed by atoms with E-state index in [1.807, 2.05) is 0 Å². The van der Waals surface area contributed by atoms with E-state index in [9.17, 15) is 5.11 Å². The summed E-state index contributed by atoms with van der Waals surface area (Å²) in [6.45, 7) is 10.8. The SMILES string of the molecule is C[C@H]1CC[C@]2(OC1)O[C@@H]1C[C@@H]3[C@H]4CC=C5C[C@@H](O)CC[C@]5(C)[C@@H]4CC[C@]3(C)[C@@H]1[C@H]2C. The van der Waals surface area contributed by atoms with Crippen molar-refractivity contribution in [2.45, 2.75) is 103 Å². The van der Waals surface area contributed by atoms with E-state index >= 15 is 0 Å². The van der Waals surface area contributed by atoms with Gasteiger partial charge >= 0.3 is 0 Å². The summed E-state index contributed by atoms with van der Waals surface area (Å²) in [6, 6.07) is 0. The van der Waals surface area contributed by atoms with Crippen molar-refractivity contribution in [3.05, 3.63) is 11.6 Å². The Hall–Kier alpha value is -0.380. The summed E-state index contributed by atoms with van der Waals surface area (Å²) >= 11 is 0. The molecule has 0 unspecified atom stereocenters. The molecule has 11 atom stereocenters. The van der Waals surface area contributed by atoms with Crippen molar-refractivity contribution in [3.63, 3.8) is 0 Å². The highest BCUT2D eigenvalue weighted by Crippen LogP contribution is 2.70. The van der Waals surface area contributed by atoms with Gasteiger partial charge in [0.1, 0.15) is 0 Å². The largest absolute Gasteiger partial charge is 0.393 e. The predicted molar refractivity (Wildman–Crippen MR) is 118 cm³/mol. The predicted octanol–water partition coefficient (Wildman–Crippen LogP) is 5.71. The van der Waals surface area contributed by atoms with Crippen LogP contribution in [-0.2, 0) is 9.47 Å². The van der Waals surface area contributed by atoms with Gasteiger partial charge in [-0.15, -0.1) is 0 Å². The molecule has 5 fully saturated rings. The van der Waals surface area contributed by atoms with E-state index in [4.69, 9.17) is 9.47 Å². The van der Waals surface area contributed by atoms with Crippen molar-refractivity contribution in [1.82, 2.24) is 0 Å². The van der Waals surface area contributed by atoms with Crippen LogP contribution in [0, 0.1) is 46.3 Å². The highest BCUT2D eigenvalue weighted by Gasteiger charge is 2.68. The minimum atomic E-state index is -0.294. The Labute approximate surface area is 183 Å². The molecule has 0 radical (unpaired) electrons. The number of hydrogen-bond donors (Lipinski definition) is 1. The van der Waals surface area contributed by atoms with Gasteiger partial charge in [0.15, 0.2) is 5.79 Å². The van der Waals surface area contributed by atoms with Gasteiger partial charge in [-0.05, 0) is 91.8 Å². The van der Waals surface area contributed by atoms with Crippen LogP contribution in [0.3, 0.4) is 0 Å². The van der Waals surface area contributed by atoms with Gasteiger partial charge in [-0.3, -0.25) is 0 Å². The number of fused-ring (bicyclic) bond motifs is 7. The van der Waals surface area contributed by atoms with Crippen LogP contribution in [0.1, 0.15) is 85.5 Å². The minimum absolute atomic E-state index is 0.107. The van der Waals surface area contributed by atoms with Gasteiger partial charge in [-0.2, -0.15) is 0 Å². The molecule has 2 heterocycles. The Kier molecular flexibility index (Phi) is 4.44. The van der Waals surface area contributed by atoms with Gasteiger partial charge in [0.25, 0.3) is 0 Å². The van der Waals surface area contributed by atoms with Crippen molar-refractivity contribution in [3.8, 4) is 0 Å². The highest BCUT2D eigenvalue weighted by atomic mass is 16.7. The Morgan fingerprint density at radius 1 is 1.03 bits per heavy atom. The summed E-state index contributed by atoms with van der Waals surface area (Å²) < 4.78 is 13.3. The molecule has 0 aromatic heterocycles. The molecule has 3 heteroatoms. The fourth-order valence-electron chi connectivity index (χ4n) is 9.66. The number of allylic oxidation sites excluding steroid dienone is 1. The number of aliphatic hydroxyl groups excluding tert-OH is 1. The van der Waals surface area contributed by atoms with Gasteiger partial charge in [0.2, 0.25) is 0 Å². The Balaban J connectivity index is 1.28. The Morgan fingerprint density at radius 3 is 2.63 bits per heavy atom. The van der Waals surface area contributed by atoms with Gasteiger partial charge < -0.3 is 14.6 Å². The van der Waals surface area contributed by atoms with Gasteiger partial charge in [0, 0.05) is 12.3 Å². The third kappa shape index (κ3) is 2.55. The molecule has 2 aliphatic heterocycles. The zero-order valence-corrected chi connectivity index (χ0v) is 19.5. The molecule has 1 N–H and O–H groups in total. The maximum atomic E-state index is 10.3. The zero-order chi connectivity index (χ0) is 20.9. The average molecular weight is 415 g/mol. The molecule has 3 nitrogen and oxygen atoms in total. The summed E-state index contributed by atoms with van der Waals surface area (Å²) in [5, 5.41) is 10.3. The smallest absolute Gasteiger partial charge is 0.171 e. The first-order chi connectivity index (χ1) is 14.3. The molecule has 0 bridgehead atoms. The maximum absolute atomic E-state index is 10.3. The lowest BCUT2D eigenvalue weighted by Crippen LogP contribution is -2.52. The molecule has 3 saturated carbocycles. The van der Waals surface area contributed by atoms with Crippen LogP contribution in [0.25, 0.3) is 0 Å². The first-order valence-electron chi connectivity index (χ1n) is 13.0. The third-order valence-electron chi connectivity index (χ3n) is 11.3. The van der Waals surface area contributed by atoms with Crippen LogP contribution < -0.4 is 0 Å². The summed E-state index contributed by atoms with van der Waals surface area (Å²) in [5.41, 5.74) is 2.31. The number of hydrogen-bond acceptors (Lipinski definition) is 3. The molecule has 4 aliphatic carbocycles. The van der Waals surface area contributed by atoms with Crippen LogP contribution in [0.5, 0.6) is 0 Å². The number of aliphatic hydroxyl groups is 1. The molecular formula is C27H42O3. The second kappa shape index (κ2) is 6.58. The molecule has 0 aromatic rings. The average Bonchev–Trinajstić information content (AvgIpc) is 3.16. The van der Waals surface area contributed by atoms with Crippen LogP contribution in [-0.4, -0.2) is 29.7 Å². The van der Waals surface area contributed by atoms with E-state index in [1.54, 1.807) is 5.57 Å². The molecule has 30 heavy (non-hydrogen) atoms. The number of rotatable bonds is 0. The third-order valence-corrected chi connectivity index (χ3v) is 11.3. The highest BCUT2D eigenvalue weighted by molar-refractivity contribution is 5.26. The molecule has 168 valence electrons. The molecule has 0 amide bonds. The molecule has 2 saturated heterocycles. The van der Waals surface area contributed by atoms with Crippen molar-refractivity contribution >= 4 is 0 Å². The molecule has 0 aromatic carbocycles. The summed E-state index contributed by atoms with van der Waals surface area (Å²) in [7, 11) is 0. The van der Waals surface area contributed by atoms with E-state index < -0.39 is 0 Å². The number of ether oxygens (including phenoxy) is 2. The van der Waals surface area contributed by atoms with Crippen LogP contribution in [0.2, 0.25) is 0 Å². The topological polar surface area (TPSA) is 38.7 Å². The molecule has 6 aliphatic rings. The molecule has 6 rings (SSSR count). The second-order valence-corrected chi connectivity index (χ2v) is 12.7. The van der Waals surface area contributed by atoms with Crippen molar-refractivity contribution in [2.75, 3.05) is 6.61 Å². The fourth-order valence-corrected chi connectivity index (χ4v) is 9.66. The summed E-state index contributed by atoms with van der Waals surface area (Å²) in [5.74, 6) is 3.94. The zero-order valence-electron chi connectivity index (χ0n) is 19.5. The fraction of sp³-hybridized carbons (Fsp3) is 0.926. The lowest BCUT2D eigenvalue weighted by atomic mass is 9.47. The summed E-state index contributed by atoms with van der Waals surface area (Å²) in [4.78, 5) is 0. The van der Waals surface area contributed by atoms with Crippen molar-refractivity contribution in [2.24, 2.45) is 46.3 Å². The van der Waals surface area contributed by atoms with Gasteiger partial charge in [-0.1, -0.05) is 39.3 Å². The lowest BCUT2D eigenvalue weighted by molar-refractivity contribution is -0.272. The van der Waals surface area contributed by atoms with E-state index in [1.165, 1.54) is 38.5 Å². The monoisotopic (exact) mass is 414 g/mol. The first kappa shape index (κ1) is 20.2. The van der Waals surface area contributed by atoms with Crippen LogP contribution >= 0.6 is 0 Å². The Bertz CT molecular complexity index is 736. The van der Waals surface area contributed by atoms with E-state index in [2.05, 4.69) is 33.8 Å². The first-order valence-corrected chi connectivity index (χ1v) is 13.0. The maximum Gasteiger partial charge on any atom is 0.171 e. The second-order valence-electron chi connectivity index (χ2n) is 12.7. The lowest BCUT2D eigenvalue weighted by Gasteiger charge is -2.58. The van der Waals surface area contributed by atoms with Crippen molar-refractivity contribution in [1.29, 1.82) is 0 Å². The van der Waals surface area contributed by atoms with E-state index in [0.29, 0.717) is 34.7 Å². The molecular weight excluding hydrogens is 372 g/mol. The van der Waals surface area contributed by atoms with E-state index in [0.717, 1.165) is 43.6 Å². The van der Waals surface area contributed by atoms with Crippen molar-refractivity contribution < 1.29 is 14.6 Å². The van der Waals surface area contributed by atoms with Crippen LogP contribution in [0.4, 0.5) is 0 Å². The van der Waals surface area contributed by atoms with Gasteiger partial charge in [0.05, 0.1) is 18.8 Å². The summed E-state index contributed by atoms with van der Waals surface area (Å²) in [6.07, 6.45) is 13.5. The van der Waals surface area contributed by atoms with Gasteiger partial charge in [-0.25, -0.2) is 0 Å². The normalized spacial score (nSPS) is 59.8. The quantitative estimate of drug-likeness (QED) is 0.516. The van der Waals surface area contributed by atoms with E-state index in [-0.39, 0.29) is 11.9 Å². The van der Waals surface area contributed by atoms with Crippen LogP contribution in [0.15, 0.2) is 11.6 Å². The Morgan fingerprint density at radius 2 is 1.87 bits per heavy atom. The molecule has 1 spiro atoms. The minimum Gasteiger partial charge on any atom is -0.393 e.